The molecule has 3 unspecified atom stereocenters. The van der Waals surface area contributed by atoms with E-state index in [1.54, 1.807) is 0 Å². The highest BCUT2D eigenvalue weighted by Crippen LogP contribution is 2.17. The first-order valence-corrected chi connectivity index (χ1v) is 15.5. The topological polar surface area (TPSA) is 68.8 Å². The number of alkyl halides is 1. The Kier molecular flexibility index (Phi) is 27.7. The zero-order valence-electron chi connectivity index (χ0n) is 24.8. The number of hydrogen-bond donors (Lipinski definition) is 2. The fourth-order valence-corrected chi connectivity index (χ4v) is 4.41. The molecule has 0 aliphatic carbocycles. The van der Waals surface area contributed by atoms with Gasteiger partial charge in [-0.1, -0.05) is 91.9 Å². The van der Waals surface area contributed by atoms with Gasteiger partial charge < -0.3 is 24.8 Å². The molecule has 2 N–H and O–H groups in total. The van der Waals surface area contributed by atoms with Crippen LogP contribution in [0.4, 0.5) is 4.39 Å². The molecule has 0 radical (unpaired) electrons. The highest BCUT2D eigenvalue weighted by molar-refractivity contribution is 5.78. The van der Waals surface area contributed by atoms with Crippen LogP contribution >= 0.6 is 0 Å². The Labute approximate surface area is 228 Å². The number of halogens is 1. The zero-order chi connectivity index (χ0) is 27.4. The second-order valence-corrected chi connectivity index (χ2v) is 10.3. The summed E-state index contributed by atoms with van der Waals surface area (Å²) in [5.74, 6) is -0.0107. The van der Waals surface area contributed by atoms with Crippen LogP contribution in [0.25, 0.3) is 0 Å². The van der Waals surface area contributed by atoms with E-state index in [9.17, 15) is 9.18 Å². The van der Waals surface area contributed by atoms with E-state index in [-0.39, 0.29) is 25.0 Å². The first kappa shape index (κ1) is 36.2. The minimum Gasteiger partial charge on any atom is -0.378 e. The van der Waals surface area contributed by atoms with Crippen LogP contribution in [0, 0.1) is 5.92 Å². The van der Waals surface area contributed by atoms with Crippen molar-refractivity contribution >= 4 is 5.91 Å². The average molecular weight is 533 g/mol. The molecule has 0 heterocycles. The molecule has 0 saturated carbocycles. The van der Waals surface area contributed by atoms with Crippen LogP contribution in [0.1, 0.15) is 118 Å². The molecule has 0 fully saturated rings. The van der Waals surface area contributed by atoms with Crippen molar-refractivity contribution in [1.29, 1.82) is 0 Å². The van der Waals surface area contributed by atoms with Crippen LogP contribution in [-0.2, 0) is 19.0 Å². The summed E-state index contributed by atoms with van der Waals surface area (Å²) in [5.41, 5.74) is 0. The van der Waals surface area contributed by atoms with Crippen LogP contribution in [0.15, 0.2) is 0 Å². The van der Waals surface area contributed by atoms with E-state index in [1.807, 2.05) is 0 Å². The van der Waals surface area contributed by atoms with Gasteiger partial charge in [0.2, 0.25) is 5.91 Å². The lowest BCUT2D eigenvalue weighted by Crippen LogP contribution is -2.36. The molecule has 0 aliphatic heterocycles. The Balaban J connectivity index is 3.73. The quantitative estimate of drug-likeness (QED) is 0.106. The molecule has 7 heteroatoms. The Hall–Kier alpha value is -0.760. The van der Waals surface area contributed by atoms with Gasteiger partial charge in [0.25, 0.3) is 0 Å². The Morgan fingerprint density at radius 2 is 1.27 bits per heavy atom. The van der Waals surface area contributed by atoms with Gasteiger partial charge in [-0.05, 0) is 25.7 Å². The van der Waals surface area contributed by atoms with Gasteiger partial charge >= 0.3 is 0 Å². The normalized spacial score (nSPS) is 14.0. The molecule has 0 aromatic rings. The second kappa shape index (κ2) is 28.3. The second-order valence-electron chi connectivity index (χ2n) is 10.3. The fourth-order valence-electron chi connectivity index (χ4n) is 4.41. The lowest BCUT2D eigenvalue weighted by atomic mass is 9.94. The monoisotopic (exact) mass is 532 g/mol. The van der Waals surface area contributed by atoms with Crippen molar-refractivity contribution in [2.24, 2.45) is 5.92 Å². The van der Waals surface area contributed by atoms with Crippen LogP contribution in [0.5, 0.6) is 0 Å². The summed E-state index contributed by atoms with van der Waals surface area (Å²) < 4.78 is 30.7. The molecule has 0 bridgehead atoms. The van der Waals surface area contributed by atoms with E-state index >= 15 is 0 Å². The predicted molar refractivity (Wildman–Crippen MR) is 153 cm³/mol. The van der Waals surface area contributed by atoms with Crippen LogP contribution in [0.2, 0.25) is 0 Å². The first-order valence-electron chi connectivity index (χ1n) is 15.5. The molecule has 0 aromatic heterocycles. The van der Waals surface area contributed by atoms with Gasteiger partial charge in [-0.25, -0.2) is 4.39 Å². The van der Waals surface area contributed by atoms with Crippen molar-refractivity contribution < 1.29 is 23.4 Å². The summed E-state index contributed by atoms with van der Waals surface area (Å²) >= 11 is 0. The first-order chi connectivity index (χ1) is 18.1. The molecule has 6 nitrogen and oxygen atoms in total. The predicted octanol–water partition coefficient (Wildman–Crippen LogP) is 6.61. The highest BCUT2D eigenvalue weighted by atomic mass is 19.1. The maximum absolute atomic E-state index is 14.2. The smallest absolute Gasteiger partial charge is 0.223 e. The van der Waals surface area contributed by atoms with Gasteiger partial charge in [0.1, 0.15) is 6.17 Å². The number of carbonyl (C=O) groups excluding carboxylic acids is 1. The molecule has 3 atom stereocenters. The number of carbonyl (C=O) groups is 1. The third-order valence-corrected chi connectivity index (χ3v) is 6.70. The van der Waals surface area contributed by atoms with E-state index in [0.717, 1.165) is 45.1 Å². The SMILES string of the molecule is CCCCCCC(CCCC)C(=O)NCC(F)COCCOCCOCCNC(CCC)CCCCC. The molecular formula is C30H61FN2O4. The number of hydrogen-bond acceptors (Lipinski definition) is 5. The van der Waals surface area contributed by atoms with Crippen LogP contribution in [0.3, 0.4) is 0 Å². The third-order valence-electron chi connectivity index (χ3n) is 6.70. The summed E-state index contributed by atoms with van der Waals surface area (Å²) in [6.07, 6.45) is 14.8. The minimum absolute atomic E-state index is 0.000104. The standard InChI is InChI=1S/C30H61FN2O4/c1-5-9-12-14-17-27(16-11-7-3)30(34)33-25-28(31)26-37-24-23-36-22-21-35-20-19-32-29(15-8-4)18-13-10-6-2/h27-29,32H,5-26H2,1-4H3,(H,33,34). The van der Waals surface area contributed by atoms with E-state index in [2.05, 4.69) is 38.3 Å². The molecule has 0 aliphatic rings. The number of ether oxygens (including phenoxy) is 3. The lowest BCUT2D eigenvalue weighted by molar-refractivity contribution is -0.125. The molecule has 37 heavy (non-hydrogen) atoms. The fraction of sp³-hybridized carbons (Fsp3) is 0.967. The third kappa shape index (κ3) is 24.0. The number of rotatable bonds is 29. The summed E-state index contributed by atoms with van der Waals surface area (Å²) in [7, 11) is 0. The van der Waals surface area contributed by atoms with Crippen molar-refractivity contribution in [3.8, 4) is 0 Å². The molecule has 222 valence electrons. The minimum atomic E-state index is -1.20. The number of unbranched alkanes of at least 4 members (excludes halogenated alkanes) is 6. The number of nitrogens with one attached hydrogen (secondary N) is 2. The summed E-state index contributed by atoms with van der Waals surface area (Å²) in [6.45, 7) is 12.1. The largest absolute Gasteiger partial charge is 0.378 e. The molecule has 0 spiro atoms. The van der Waals surface area contributed by atoms with E-state index in [4.69, 9.17) is 14.2 Å². The molecule has 0 saturated heterocycles. The summed E-state index contributed by atoms with van der Waals surface area (Å²) in [4.78, 5) is 12.5. The van der Waals surface area contributed by atoms with Gasteiger partial charge in [0, 0.05) is 18.5 Å². The molecular weight excluding hydrogens is 471 g/mol. The Bertz CT molecular complexity index is 484. The van der Waals surface area contributed by atoms with Crippen molar-refractivity contribution in [3.05, 3.63) is 0 Å². The van der Waals surface area contributed by atoms with E-state index in [1.165, 1.54) is 51.4 Å². The molecule has 0 aromatic carbocycles. The highest BCUT2D eigenvalue weighted by Gasteiger charge is 2.19. The van der Waals surface area contributed by atoms with Gasteiger partial charge in [-0.3, -0.25) is 4.79 Å². The van der Waals surface area contributed by atoms with E-state index < -0.39 is 6.17 Å². The van der Waals surface area contributed by atoms with E-state index in [0.29, 0.717) is 39.1 Å². The lowest BCUT2D eigenvalue weighted by Gasteiger charge is -2.18. The average Bonchev–Trinajstić information content (AvgIpc) is 2.90. The van der Waals surface area contributed by atoms with Gasteiger partial charge in [-0.15, -0.1) is 0 Å². The molecule has 1 amide bonds. The maximum Gasteiger partial charge on any atom is 0.223 e. The zero-order valence-corrected chi connectivity index (χ0v) is 24.8. The van der Waals surface area contributed by atoms with Crippen LogP contribution in [-0.4, -0.2) is 70.9 Å². The van der Waals surface area contributed by atoms with Crippen molar-refractivity contribution in [1.82, 2.24) is 10.6 Å². The molecule has 0 rings (SSSR count). The van der Waals surface area contributed by atoms with Gasteiger partial charge in [-0.2, -0.15) is 0 Å². The Morgan fingerprint density at radius 3 is 1.95 bits per heavy atom. The Morgan fingerprint density at radius 1 is 0.676 bits per heavy atom. The summed E-state index contributed by atoms with van der Waals surface area (Å²) in [5, 5.41) is 6.40. The van der Waals surface area contributed by atoms with Crippen molar-refractivity contribution in [3.63, 3.8) is 0 Å². The van der Waals surface area contributed by atoms with Gasteiger partial charge in [0.05, 0.1) is 46.2 Å². The van der Waals surface area contributed by atoms with Crippen molar-refractivity contribution in [2.75, 3.05) is 52.7 Å². The number of amides is 1. The maximum atomic E-state index is 14.2. The van der Waals surface area contributed by atoms with Crippen molar-refractivity contribution in [2.45, 2.75) is 130 Å². The van der Waals surface area contributed by atoms with Crippen LogP contribution < -0.4 is 10.6 Å². The summed E-state index contributed by atoms with van der Waals surface area (Å²) in [6, 6.07) is 0.597. The van der Waals surface area contributed by atoms with Gasteiger partial charge in [0.15, 0.2) is 0 Å².